The molecule has 11 heteroatoms. The molecule has 0 aliphatic carbocycles. The minimum atomic E-state index is -3.78. The van der Waals surface area contributed by atoms with Gasteiger partial charge in [0.1, 0.15) is 17.9 Å². The molecule has 3 rings (SSSR count). The molecule has 2 heterocycles. The van der Waals surface area contributed by atoms with Crippen LogP contribution in [0.25, 0.3) is 22.4 Å². The number of nitrogens with one attached hydrogen (secondary N) is 1. The second-order valence-corrected chi connectivity index (χ2v) is 12.4. The predicted molar refractivity (Wildman–Crippen MR) is 148 cm³/mol. The molecule has 1 atom stereocenters. The molecule has 3 aromatic rings. The van der Waals surface area contributed by atoms with E-state index in [1.165, 1.54) is 0 Å². The minimum Gasteiger partial charge on any atom is -0.444 e. The number of benzene rings is 1. The molecular formula is C28H35N5O5S. The monoisotopic (exact) mass is 553 g/mol. The number of hydrogen-bond acceptors (Lipinski definition) is 8. The van der Waals surface area contributed by atoms with Gasteiger partial charge in [-0.3, -0.25) is 13.8 Å². The van der Waals surface area contributed by atoms with Gasteiger partial charge in [-0.1, -0.05) is 26.0 Å². The van der Waals surface area contributed by atoms with E-state index in [1.54, 1.807) is 68.2 Å². The molecule has 1 N–H and O–H groups in total. The van der Waals surface area contributed by atoms with Crippen LogP contribution in [0.15, 0.2) is 48.8 Å². The van der Waals surface area contributed by atoms with Gasteiger partial charge in [-0.05, 0) is 62.9 Å². The van der Waals surface area contributed by atoms with E-state index in [0.717, 1.165) is 11.8 Å². The molecule has 0 unspecified atom stereocenters. The highest BCUT2D eigenvalue weighted by Gasteiger charge is 2.26. The van der Waals surface area contributed by atoms with Gasteiger partial charge in [-0.2, -0.15) is 18.8 Å². The molecule has 0 spiro atoms. The smallest absolute Gasteiger partial charge is 0.407 e. The number of carbonyl (C=O) groups is 1. The Labute approximate surface area is 230 Å². The number of nitrogens with zero attached hydrogens (tertiary/aromatic N) is 4. The molecule has 0 aliphatic heterocycles. The lowest BCUT2D eigenvalue weighted by Gasteiger charge is -2.25. The van der Waals surface area contributed by atoms with Crippen molar-refractivity contribution in [3.63, 3.8) is 0 Å². The van der Waals surface area contributed by atoms with Gasteiger partial charge in [0.25, 0.3) is 10.1 Å². The van der Waals surface area contributed by atoms with Crippen LogP contribution < -0.4 is 5.32 Å². The normalized spacial score (nSPS) is 12.7. The van der Waals surface area contributed by atoms with Crippen LogP contribution >= 0.6 is 0 Å². The number of alkyl carbamates (subject to hydrolysis) is 1. The summed E-state index contributed by atoms with van der Waals surface area (Å²) in [4.78, 5) is 16.8. The zero-order chi connectivity index (χ0) is 28.8. The maximum atomic E-state index is 12.7. The Bertz CT molecular complexity index is 1440. The fourth-order valence-electron chi connectivity index (χ4n) is 4.15. The zero-order valence-electron chi connectivity index (χ0n) is 23.1. The van der Waals surface area contributed by atoms with E-state index in [4.69, 9.17) is 14.0 Å². The Morgan fingerprint density at radius 3 is 2.44 bits per heavy atom. The minimum absolute atomic E-state index is 0.232. The van der Waals surface area contributed by atoms with Crippen molar-refractivity contribution in [2.24, 2.45) is 5.92 Å². The third-order valence-electron chi connectivity index (χ3n) is 5.57. The first kappa shape index (κ1) is 29.8. The zero-order valence-corrected chi connectivity index (χ0v) is 23.9. The fourth-order valence-corrected chi connectivity index (χ4v) is 4.47. The third kappa shape index (κ3) is 8.90. The highest BCUT2D eigenvalue weighted by molar-refractivity contribution is 7.85. The molecule has 10 nitrogen and oxygen atoms in total. The van der Waals surface area contributed by atoms with Gasteiger partial charge in [-0.25, -0.2) is 4.79 Å². The van der Waals surface area contributed by atoms with Gasteiger partial charge in [0.15, 0.2) is 0 Å². The topological polar surface area (TPSA) is 136 Å². The van der Waals surface area contributed by atoms with Crippen LogP contribution in [0.3, 0.4) is 0 Å². The lowest BCUT2D eigenvalue weighted by atomic mass is 9.98. The van der Waals surface area contributed by atoms with Gasteiger partial charge in [-0.15, -0.1) is 0 Å². The number of amides is 1. The van der Waals surface area contributed by atoms with E-state index >= 15 is 0 Å². The van der Waals surface area contributed by atoms with Crippen molar-refractivity contribution in [1.29, 1.82) is 5.26 Å². The van der Waals surface area contributed by atoms with Crippen LogP contribution in [-0.4, -0.2) is 47.2 Å². The van der Waals surface area contributed by atoms with E-state index in [1.807, 2.05) is 19.9 Å². The van der Waals surface area contributed by atoms with Crippen LogP contribution in [0.5, 0.6) is 0 Å². The number of ether oxygens (including phenoxy) is 1. The van der Waals surface area contributed by atoms with Crippen LogP contribution in [0.4, 0.5) is 4.79 Å². The average Bonchev–Trinajstić information content (AvgIpc) is 3.19. The molecule has 0 bridgehead atoms. The summed E-state index contributed by atoms with van der Waals surface area (Å²) >= 11 is 0. The van der Waals surface area contributed by atoms with E-state index in [-0.39, 0.29) is 25.1 Å². The average molecular weight is 554 g/mol. The van der Waals surface area contributed by atoms with E-state index in [0.29, 0.717) is 34.5 Å². The molecule has 0 saturated carbocycles. The van der Waals surface area contributed by atoms with Gasteiger partial charge >= 0.3 is 6.09 Å². The molecule has 1 aromatic carbocycles. The van der Waals surface area contributed by atoms with Crippen molar-refractivity contribution >= 4 is 16.2 Å². The number of aromatic nitrogens is 3. The second-order valence-electron chi connectivity index (χ2n) is 10.7. The van der Waals surface area contributed by atoms with Gasteiger partial charge in [0, 0.05) is 23.5 Å². The number of rotatable bonds is 10. The van der Waals surface area contributed by atoms with E-state index < -0.39 is 21.8 Å². The largest absolute Gasteiger partial charge is 0.444 e. The first-order valence-corrected chi connectivity index (χ1v) is 14.4. The van der Waals surface area contributed by atoms with Crippen molar-refractivity contribution in [3.8, 4) is 28.5 Å². The number of nitriles is 1. The van der Waals surface area contributed by atoms with Crippen LogP contribution in [0.2, 0.25) is 0 Å². The van der Waals surface area contributed by atoms with Gasteiger partial charge in [0.2, 0.25) is 0 Å². The molecule has 208 valence electrons. The third-order valence-corrected chi connectivity index (χ3v) is 6.12. The molecule has 1 amide bonds. The summed E-state index contributed by atoms with van der Waals surface area (Å²) in [6, 6.07) is 12.4. The summed E-state index contributed by atoms with van der Waals surface area (Å²) in [5.74, 6) is 0.239. The number of carbonyl (C=O) groups excluding carboxylic acids is 1. The van der Waals surface area contributed by atoms with Crippen molar-refractivity contribution < 1.29 is 22.1 Å². The lowest BCUT2D eigenvalue weighted by molar-refractivity contribution is 0.0491. The molecular weight excluding hydrogens is 518 g/mol. The molecule has 0 radical (unpaired) electrons. The number of pyridine rings is 1. The van der Waals surface area contributed by atoms with Crippen molar-refractivity contribution in [3.05, 3.63) is 60.0 Å². The summed E-state index contributed by atoms with van der Waals surface area (Å²) in [7, 11) is -3.78. The SMILES string of the molecule is CC(C)C[C@@H](Cn1nc(-c2cccc(C#N)c2)c(-c2ccncc2)c1COS(C)(=O)=O)NC(=O)OC(C)(C)C. The molecule has 0 saturated heterocycles. The number of hydrogen-bond donors (Lipinski definition) is 1. The summed E-state index contributed by atoms with van der Waals surface area (Å²) in [5.41, 5.74) is 2.93. The summed E-state index contributed by atoms with van der Waals surface area (Å²) in [6.45, 7) is 9.42. The molecule has 2 aromatic heterocycles. The maximum absolute atomic E-state index is 12.7. The summed E-state index contributed by atoms with van der Waals surface area (Å²) in [5, 5.41) is 17.3. The van der Waals surface area contributed by atoms with E-state index in [2.05, 4.69) is 16.4 Å². The Balaban J connectivity index is 2.17. The molecule has 39 heavy (non-hydrogen) atoms. The van der Waals surface area contributed by atoms with Gasteiger partial charge in [0.05, 0.1) is 36.2 Å². The van der Waals surface area contributed by atoms with Crippen LogP contribution in [-0.2, 0) is 32.2 Å². The first-order valence-electron chi connectivity index (χ1n) is 12.6. The van der Waals surface area contributed by atoms with E-state index in [9.17, 15) is 18.5 Å². The highest BCUT2D eigenvalue weighted by Crippen LogP contribution is 2.36. The Hall–Kier alpha value is -3.75. The Morgan fingerprint density at radius 2 is 1.85 bits per heavy atom. The van der Waals surface area contributed by atoms with Crippen molar-refractivity contribution in [2.75, 3.05) is 6.26 Å². The molecule has 0 aliphatic rings. The maximum Gasteiger partial charge on any atom is 0.407 e. The quantitative estimate of drug-likeness (QED) is 0.350. The standard InChI is InChI=1S/C28H35N5O5S/c1-19(2)14-23(31-27(34)38-28(3,4)5)17-33-24(18-37-39(6,35)36)25(21-10-12-30-13-11-21)26(32-33)22-9-7-8-20(15-22)16-29/h7-13,15,19,23H,14,17-18H2,1-6H3,(H,31,34)/t23-/m0/s1. The Kier molecular flexibility index (Phi) is 9.48. The summed E-state index contributed by atoms with van der Waals surface area (Å²) in [6.07, 6.45) is 4.33. The van der Waals surface area contributed by atoms with Crippen LogP contribution in [0.1, 0.15) is 52.3 Å². The predicted octanol–water partition coefficient (Wildman–Crippen LogP) is 4.90. The fraction of sp³-hybridized carbons (Fsp3) is 0.429. The van der Waals surface area contributed by atoms with Crippen molar-refractivity contribution in [2.45, 2.75) is 65.8 Å². The van der Waals surface area contributed by atoms with Crippen molar-refractivity contribution in [1.82, 2.24) is 20.1 Å². The first-order chi connectivity index (χ1) is 18.3. The molecule has 0 fully saturated rings. The summed E-state index contributed by atoms with van der Waals surface area (Å²) < 4.78 is 36.4. The Morgan fingerprint density at radius 1 is 1.15 bits per heavy atom. The highest BCUT2D eigenvalue weighted by atomic mass is 32.2. The van der Waals surface area contributed by atoms with Gasteiger partial charge < -0.3 is 10.1 Å². The van der Waals surface area contributed by atoms with Crippen LogP contribution in [0, 0.1) is 17.2 Å². The lowest BCUT2D eigenvalue weighted by Crippen LogP contribution is -2.42. The second kappa shape index (κ2) is 12.4.